The van der Waals surface area contributed by atoms with E-state index in [2.05, 4.69) is 27.4 Å². The Labute approximate surface area is 142 Å². The van der Waals surface area contributed by atoms with Crippen LogP contribution in [0, 0.1) is 0 Å². The number of aliphatic hydroxyl groups excluding tert-OH is 1. The van der Waals surface area contributed by atoms with E-state index in [1.165, 1.54) is 6.42 Å². The number of nitrogens with one attached hydrogen (secondary N) is 2. The molecule has 6 nitrogen and oxygen atoms in total. The first-order valence-electron chi connectivity index (χ1n) is 8.06. The van der Waals surface area contributed by atoms with Crippen molar-refractivity contribution < 1.29 is 9.90 Å². The molecule has 1 aromatic carbocycles. The minimum atomic E-state index is -0.351. The van der Waals surface area contributed by atoms with Crippen molar-refractivity contribution >= 4 is 29.0 Å². The predicted molar refractivity (Wildman–Crippen MR) is 94.5 cm³/mol. The summed E-state index contributed by atoms with van der Waals surface area (Å²) in [5.74, 6) is 0. The number of amides is 2. The molecule has 0 aliphatic carbocycles. The highest BCUT2D eigenvalue weighted by Crippen LogP contribution is 2.29. The van der Waals surface area contributed by atoms with Crippen molar-refractivity contribution in [3.05, 3.63) is 23.2 Å². The van der Waals surface area contributed by atoms with E-state index >= 15 is 0 Å². The Morgan fingerprint density at radius 2 is 2.04 bits per heavy atom. The number of carbonyl (C=O) groups excluding carboxylic acids is 1. The summed E-state index contributed by atoms with van der Waals surface area (Å²) in [4.78, 5) is 16.3. The molecule has 1 saturated heterocycles. The molecule has 7 heteroatoms. The fourth-order valence-corrected chi connectivity index (χ4v) is 3.01. The second kappa shape index (κ2) is 8.96. The lowest BCUT2D eigenvalue weighted by Gasteiger charge is -2.36. The largest absolute Gasteiger partial charge is 0.395 e. The van der Waals surface area contributed by atoms with Gasteiger partial charge in [-0.25, -0.2) is 4.79 Å². The number of halogens is 1. The molecular weight excluding hydrogens is 316 g/mol. The average Bonchev–Trinajstić information content (AvgIpc) is 2.54. The molecule has 128 valence electrons. The minimum Gasteiger partial charge on any atom is -0.395 e. The lowest BCUT2D eigenvalue weighted by molar-refractivity contribution is 0.245. The maximum atomic E-state index is 11.6. The fraction of sp³-hybridized carbons (Fsp3) is 0.562. The van der Waals surface area contributed by atoms with Crippen LogP contribution in [0.1, 0.15) is 13.3 Å². The van der Waals surface area contributed by atoms with Crippen LogP contribution in [0.5, 0.6) is 0 Å². The molecule has 1 heterocycles. The molecule has 0 unspecified atom stereocenters. The summed E-state index contributed by atoms with van der Waals surface area (Å²) in [5, 5.41) is 14.6. The van der Waals surface area contributed by atoms with Gasteiger partial charge in [-0.3, -0.25) is 4.90 Å². The Morgan fingerprint density at radius 1 is 1.30 bits per heavy atom. The molecule has 0 bridgehead atoms. The number of aliphatic hydroxyl groups is 1. The number of hydrogen-bond acceptors (Lipinski definition) is 4. The van der Waals surface area contributed by atoms with Gasteiger partial charge in [0.05, 0.1) is 17.3 Å². The maximum absolute atomic E-state index is 11.6. The number of anilines is 2. The van der Waals surface area contributed by atoms with Crippen LogP contribution in [0.15, 0.2) is 18.2 Å². The van der Waals surface area contributed by atoms with Crippen LogP contribution in [0.2, 0.25) is 5.02 Å². The summed E-state index contributed by atoms with van der Waals surface area (Å²) in [7, 11) is 0. The molecule has 0 spiro atoms. The number of carbonyl (C=O) groups is 1. The van der Waals surface area contributed by atoms with Gasteiger partial charge in [0.1, 0.15) is 0 Å². The van der Waals surface area contributed by atoms with Crippen molar-refractivity contribution in [2.24, 2.45) is 0 Å². The standard InChI is InChI=1S/C16H25ClN4O2/c1-2-6-20-7-9-21(10-8-20)15-4-3-13(12-14(15)17)19-16(23)18-5-11-22/h3-4,12,22H,2,5-11H2,1H3,(H2,18,19,23). The molecular formula is C16H25ClN4O2. The van der Waals surface area contributed by atoms with Gasteiger partial charge in [-0.1, -0.05) is 18.5 Å². The highest BCUT2D eigenvalue weighted by molar-refractivity contribution is 6.33. The van der Waals surface area contributed by atoms with Gasteiger partial charge in [0.15, 0.2) is 0 Å². The van der Waals surface area contributed by atoms with Gasteiger partial charge in [-0.05, 0) is 31.2 Å². The van der Waals surface area contributed by atoms with E-state index in [-0.39, 0.29) is 19.2 Å². The molecule has 23 heavy (non-hydrogen) atoms. The van der Waals surface area contributed by atoms with Crippen LogP contribution < -0.4 is 15.5 Å². The van der Waals surface area contributed by atoms with E-state index < -0.39 is 0 Å². The molecule has 3 N–H and O–H groups in total. The van der Waals surface area contributed by atoms with E-state index in [0.717, 1.165) is 38.4 Å². The summed E-state index contributed by atoms with van der Waals surface area (Å²) in [6.07, 6.45) is 1.18. The Hall–Kier alpha value is -1.50. The van der Waals surface area contributed by atoms with Gasteiger partial charge >= 0.3 is 6.03 Å². The van der Waals surface area contributed by atoms with Crippen LogP contribution in [0.4, 0.5) is 16.2 Å². The molecule has 0 radical (unpaired) electrons. The molecule has 1 aliphatic heterocycles. The molecule has 0 aromatic heterocycles. The van der Waals surface area contributed by atoms with Gasteiger partial charge in [0.25, 0.3) is 0 Å². The molecule has 0 atom stereocenters. The first-order valence-corrected chi connectivity index (χ1v) is 8.44. The molecule has 1 fully saturated rings. The first kappa shape index (κ1) is 17.8. The van der Waals surface area contributed by atoms with E-state index in [1.54, 1.807) is 6.07 Å². The van der Waals surface area contributed by atoms with Crippen molar-refractivity contribution in [1.82, 2.24) is 10.2 Å². The third-order valence-electron chi connectivity index (χ3n) is 3.86. The van der Waals surface area contributed by atoms with E-state index in [9.17, 15) is 4.79 Å². The first-order chi connectivity index (χ1) is 11.1. The Bertz CT molecular complexity index is 519. The van der Waals surface area contributed by atoms with Gasteiger partial charge < -0.3 is 20.6 Å². The summed E-state index contributed by atoms with van der Waals surface area (Å²) >= 11 is 6.38. The molecule has 1 aromatic rings. The Balaban J connectivity index is 1.93. The van der Waals surface area contributed by atoms with Crippen molar-refractivity contribution in [2.45, 2.75) is 13.3 Å². The van der Waals surface area contributed by atoms with Crippen molar-refractivity contribution in [2.75, 3.05) is 56.1 Å². The van der Waals surface area contributed by atoms with Gasteiger partial charge in [0.2, 0.25) is 0 Å². The zero-order chi connectivity index (χ0) is 16.7. The van der Waals surface area contributed by atoms with Crippen molar-refractivity contribution in [3.8, 4) is 0 Å². The Morgan fingerprint density at radius 3 is 2.65 bits per heavy atom. The van der Waals surface area contributed by atoms with Crippen LogP contribution in [-0.4, -0.2) is 61.9 Å². The van der Waals surface area contributed by atoms with Crippen molar-refractivity contribution in [3.63, 3.8) is 0 Å². The molecule has 1 aliphatic rings. The minimum absolute atomic E-state index is 0.0862. The second-order valence-electron chi connectivity index (χ2n) is 5.60. The number of hydrogen-bond donors (Lipinski definition) is 3. The third kappa shape index (κ3) is 5.27. The topological polar surface area (TPSA) is 67.8 Å². The number of piperazine rings is 1. The number of urea groups is 1. The van der Waals surface area contributed by atoms with Crippen LogP contribution in [0.3, 0.4) is 0 Å². The quantitative estimate of drug-likeness (QED) is 0.741. The monoisotopic (exact) mass is 340 g/mol. The van der Waals surface area contributed by atoms with Gasteiger partial charge in [-0.2, -0.15) is 0 Å². The number of nitrogens with zero attached hydrogens (tertiary/aromatic N) is 2. The highest BCUT2D eigenvalue weighted by atomic mass is 35.5. The molecule has 2 rings (SSSR count). The van der Waals surface area contributed by atoms with Crippen LogP contribution >= 0.6 is 11.6 Å². The SMILES string of the molecule is CCCN1CCN(c2ccc(NC(=O)NCCO)cc2Cl)CC1. The normalized spacial score (nSPS) is 15.5. The number of rotatable bonds is 6. The summed E-state index contributed by atoms with van der Waals surface area (Å²) in [6.45, 7) is 7.50. The van der Waals surface area contributed by atoms with Gasteiger partial charge in [0, 0.05) is 38.4 Å². The lowest BCUT2D eigenvalue weighted by Crippen LogP contribution is -2.46. The smallest absolute Gasteiger partial charge is 0.319 e. The zero-order valence-electron chi connectivity index (χ0n) is 13.5. The molecule has 2 amide bonds. The Kier molecular flexibility index (Phi) is 6.95. The predicted octanol–water partition coefficient (Wildman–Crippen LogP) is 1.99. The average molecular weight is 341 g/mol. The van der Waals surface area contributed by atoms with E-state index in [0.29, 0.717) is 10.7 Å². The molecule has 0 saturated carbocycles. The van der Waals surface area contributed by atoms with Crippen LogP contribution in [0.25, 0.3) is 0 Å². The second-order valence-corrected chi connectivity index (χ2v) is 6.01. The third-order valence-corrected chi connectivity index (χ3v) is 4.16. The van der Waals surface area contributed by atoms with Crippen LogP contribution in [-0.2, 0) is 0 Å². The highest BCUT2D eigenvalue weighted by Gasteiger charge is 2.18. The van der Waals surface area contributed by atoms with E-state index in [1.807, 2.05) is 12.1 Å². The summed E-state index contributed by atoms with van der Waals surface area (Å²) < 4.78 is 0. The van der Waals surface area contributed by atoms with E-state index in [4.69, 9.17) is 16.7 Å². The maximum Gasteiger partial charge on any atom is 0.319 e. The summed E-state index contributed by atoms with van der Waals surface area (Å²) in [6, 6.07) is 5.20. The van der Waals surface area contributed by atoms with Crippen molar-refractivity contribution in [1.29, 1.82) is 0 Å². The number of benzene rings is 1. The zero-order valence-corrected chi connectivity index (χ0v) is 14.3. The fourth-order valence-electron chi connectivity index (χ4n) is 2.71. The lowest BCUT2D eigenvalue weighted by atomic mass is 10.2. The van der Waals surface area contributed by atoms with Gasteiger partial charge in [-0.15, -0.1) is 0 Å². The summed E-state index contributed by atoms with van der Waals surface area (Å²) in [5.41, 5.74) is 1.64.